The van der Waals surface area contributed by atoms with Crippen molar-refractivity contribution in [1.82, 2.24) is 0 Å². The Bertz CT molecular complexity index is 820. The molecule has 0 aliphatic heterocycles. The second kappa shape index (κ2) is 8.85. The summed E-state index contributed by atoms with van der Waals surface area (Å²) < 4.78 is 18.5. The van der Waals surface area contributed by atoms with Crippen LogP contribution < -0.4 is 5.32 Å². The number of nitriles is 1. The number of anilines is 1. The van der Waals surface area contributed by atoms with Crippen LogP contribution in [0.5, 0.6) is 0 Å². The van der Waals surface area contributed by atoms with Gasteiger partial charge in [-0.1, -0.05) is 24.3 Å². The van der Waals surface area contributed by atoms with Crippen LogP contribution in [0.3, 0.4) is 0 Å². The summed E-state index contributed by atoms with van der Waals surface area (Å²) in [4.78, 5) is 24.2. The molecule has 128 valence electrons. The van der Waals surface area contributed by atoms with Gasteiger partial charge in [0.2, 0.25) is 0 Å². The molecule has 1 atom stereocenters. The lowest BCUT2D eigenvalue weighted by atomic mass is 10.2. The van der Waals surface area contributed by atoms with Crippen LogP contribution in [-0.2, 0) is 14.3 Å². The highest BCUT2D eigenvalue weighted by molar-refractivity contribution is 8.00. The second-order valence-electron chi connectivity index (χ2n) is 5.00. The van der Waals surface area contributed by atoms with Crippen LogP contribution in [0, 0.1) is 17.1 Å². The SMILES string of the molecule is C[C@H](OC(=O)CSc1ccccc1F)C(=O)Nc1ccccc1C#N. The van der Waals surface area contributed by atoms with Gasteiger partial charge in [0.15, 0.2) is 6.10 Å². The number of halogens is 1. The number of nitrogens with zero attached hydrogens (tertiary/aromatic N) is 1. The summed E-state index contributed by atoms with van der Waals surface area (Å²) in [5.74, 6) is -1.72. The van der Waals surface area contributed by atoms with E-state index in [1.165, 1.54) is 13.0 Å². The van der Waals surface area contributed by atoms with Gasteiger partial charge in [-0.3, -0.25) is 9.59 Å². The molecule has 2 rings (SSSR count). The van der Waals surface area contributed by atoms with Gasteiger partial charge in [0.05, 0.1) is 17.0 Å². The fourth-order valence-corrected chi connectivity index (χ4v) is 2.63. The number of esters is 1. The van der Waals surface area contributed by atoms with E-state index in [1.807, 2.05) is 6.07 Å². The first-order chi connectivity index (χ1) is 12.0. The number of carbonyl (C=O) groups is 2. The van der Waals surface area contributed by atoms with Gasteiger partial charge >= 0.3 is 5.97 Å². The molecule has 0 saturated carbocycles. The largest absolute Gasteiger partial charge is 0.452 e. The Morgan fingerprint density at radius 1 is 1.24 bits per heavy atom. The first-order valence-electron chi connectivity index (χ1n) is 7.38. The van der Waals surface area contributed by atoms with Crippen molar-refractivity contribution in [2.24, 2.45) is 0 Å². The van der Waals surface area contributed by atoms with Crippen molar-refractivity contribution in [1.29, 1.82) is 5.26 Å². The zero-order chi connectivity index (χ0) is 18.2. The molecule has 0 fully saturated rings. The summed E-state index contributed by atoms with van der Waals surface area (Å²) in [5.41, 5.74) is 0.656. The molecule has 0 heterocycles. The van der Waals surface area contributed by atoms with E-state index in [0.29, 0.717) is 16.1 Å². The van der Waals surface area contributed by atoms with Crippen LogP contribution in [-0.4, -0.2) is 23.7 Å². The fraction of sp³-hybridized carbons (Fsp3) is 0.167. The topological polar surface area (TPSA) is 79.2 Å². The van der Waals surface area contributed by atoms with Crippen LogP contribution in [0.4, 0.5) is 10.1 Å². The summed E-state index contributed by atoms with van der Waals surface area (Å²) in [6.07, 6.45) is -1.04. The van der Waals surface area contributed by atoms with Gasteiger partial charge in [0.25, 0.3) is 5.91 Å². The average molecular weight is 358 g/mol. The lowest BCUT2D eigenvalue weighted by Gasteiger charge is -2.14. The van der Waals surface area contributed by atoms with E-state index in [4.69, 9.17) is 10.00 Å². The van der Waals surface area contributed by atoms with Gasteiger partial charge in [-0.15, -0.1) is 11.8 Å². The maximum absolute atomic E-state index is 13.5. The molecule has 2 aromatic rings. The van der Waals surface area contributed by atoms with Crippen molar-refractivity contribution >= 4 is 29.3 Å². The lowest BCUT2D eigenvalue weighted by molar-refractivity contribution is -0.150. The Morgan fingerprint density at radius 3 is 2.64 bits per heavy atom. The number of ether oxygens (including phenoxy) is 1. The minimum atomic E-state index is -1.04. The van der Waals surface area contributed by atoms with E-state index < -0.39 is 23.8 Å². The van der Waals surface area contributed by atoms with E-state index in [2.05, 4.69) is 5.32 Å². The summed E-state index contributed by atoms with van der Waals surface area (Å²) in [6.45, 7) is 1.43. The smallest absolute Gasteiger partial charge is 0.317 e. The van der Waals surface area contributed by atoms with E-state index in [0.717, 1.165) is 11.8 Å². The highest BCUT2D eigenvalue weighted by Gasteiger charge is 2.19. The van der Waals surface area contributed by atoms with E-state index in [-0.39, 0.29) is 5.75 Å². The predicted molar refractivity (Wildman–Crippen MR) is 92.5 cm³/mol. The molecule has 2 aromatic carbocycles. The molecule has 0 unspecified atom stereocenters. The number of thioether (sulfide) groups is 1. The zero-order valence-corrected chi connectivity index (χ0v) is 14.2. The Kier molecular flexibility index (Phi) is 6.54. The van der Waals surface area contributed by atoms with Gasteiger partial charge in [-0.25, -0.2) is 4.39 Å². The fourth-order valence-electron chi connectivity index (χ4n) is 1.91. The molecular weight excluding hydrogens is 343 g/mol. The van der Waals surface area contributed by atoms with Crippen molar-refractivity contribution in [2.75, 3.05) is 11.1 Å². The number of amides is 1. The molecule has 0 bridgehead atoms. The molecule has 7 heteroatoms. The summed E-state index contributed by atoms with van der Waals surface area (Å²) >= 11 is 0.995. The Hall–Kier alpha value is -2.85. The van der Waals surface area contributed by atoms with Crippen molar-refractivity contribution in [3.63, 3.8) is 0 Å². The van der Waals surface area contributed by atoms with Gasteiger partial charge in [0, 0.05) is 4.90 Å². The Morgan fingerprint density at radius 2 is 1.92 bits per heavy atom. The third-order valence-electron chi connectivity index (χ3n) is 3.17. The van der Waals surface area contributed by atoms with Crippen molar-refractivity contribution in [3.05, 3.63) is 59.9 Å². The lowest BCUT2D eigenvalue weighted by Crippen LogP contribution is -2.30. The molecule has 0 radical (unpaired) electrons. The Labute approximate surface area is 148 Å². The number of nitrogens with one attached hydrogen (secondary N) is 1. The monoisotopic (exact) mass is 358 g/mol. The summed E-state index contributed by atoms with van der Waals surface area (Å²) in [7, 11) is 0. The van der Waals surface area contributed by atoms with Crippen LogP contribution in [0.15, 0.2) is 53.4 Å². The zero-order valence-electron chi connectivity index (χ0n) is 13.4. The first kappa shape index (κ1) is 18.5. The number of para-hydroxylation sites is 1. The van der Waals surface area contributed by atoms with Gasteiger partial charge < -0.3 is 10.1 Å². The van der Waals surface area contributed by atoms with E-state index in [9.17, 15) is 14.0 Å². The highest BCUT2D eigenvalue weighted by atomic mass is 32.2. The van der Waals surface area contributed by atoms with Gasteiger partial charge in [-0.05, 0) is 31.2 Å². The number of hydrogen-bond acceptors (Lipinski definition) is 5. The third kappa shape index (κ3) is 5.33. The van der Waals surface area contributed by atoms with E-state index in [1.54, 1.807) is 42.5 Å². The van der Waals surface area contributed by atoms with Gasteiger partial charge in [-0.2, -0.15) is 5.26 Å². The van der Waals surface area contributed by atoms with Crippen LogP contribution in [0.1, 0.15) is 12.5 Å². The van der Waals surface area contributed by atoms with E-state index >= 15 is 0 Å². The molecule has 0 aliphatic carbocycles. The molecular formula is C18H15FN2O3S. The number of benzene rings is 2. The number of rotatable bonds is 6. The minimum Gasteiger partial charge on any atom is -0.452 e. The molecule has 5 nitrogen and oxygen atoms in total. The molecule has 1 amide bonds. The molecule has 25 heavy (non-hydrogen) atoms. The minimum absolute atomic E-state index is 0.118. The molecule has 1 N–H and O–H groups in total. The maximum Gasteiger partial charge on any atom is 0.317 e. The third-order valence-corrected chi connectivity index (χ3v) is 4.19. The van der Waals surface area contributed by atoms with Crippen LogP contribution >= 0.6 is 11.8 Å². The highest BCUT2D eigenvalue weighted by Crippen LogP contribution is 2.21. The first-order valence-corrected chi connectivity index (χ1v) is 8.36. The summed E-state index contributed by atoms with van der Waals surface area (Å²) in [5, 5.41) is 11.5. The normalized spacial score (nSPS) is 11.2. The standard InChI is InChI=1S/C18H15FN2O3S/c1-12(18(23)21-15-8-4-2-6-13(15)10-20)24-17(22)11-25-16-9-5-3-7-14(16)19/h2-9,12H,11H2,1H3,(H,21,23)/t12-/m0/s1. The molecule has 0 aliphatic rings. The quantitative estimate of drug-likeness (QED) is 0.633. The van der Waals surface area contributed by atoms with Crippen LogP contribution in [0.2, 0.25) is 0 Å². The van der Waals surface area contributed by atoms with Gasteiger partial charge in [0.1, 0.15) is 11.9 Å². The van der Waals surface area contributed by atoms with Crippen molar-refractivity contribution in [3.8, 4) is 6.07 Å². The number of hydrogen-bond donors (Lipinski definition) is 1. The molecule has 0 aromatic heterocycles. The average Bonchev–Trinajstić information content (AvgIpc) is 2.61. The number of carbonyl (C=O) groups excluding carboxylic acids is 2. The van der Waals surface area contributed by atoms with Crippen molar-refractivity contribution in [2.45, 2.75) is 17.9 Å². The maximum atomic E-state index is 13.5. The molecule has 0 spiro atoms. The molecule has 0 saturated heterocycles. The van der Waals surface area contributed by atoms with Crippen LogP contribution in [0.25, 0.3) is 0 Å². The van der Waals surface area contributed by atoms with Crippen molar-refractivity contribution < 1.29 is 18.7 Å². The Balaban J connectivity index is 1.87. The predicted octanol–water partition coefficient (Wildman–Crippen LogP) is 3.36. The summed E-state index contributed by atoms with van der Waals surface area (Å²) in [6, 6.07) is 14.6. The second-order valence-corrected chi connectivity index (χ2v) is 6.01.